The third-order valence-electron chi connectivity index (χ3n) is 6.18. The number of hydrogen-bond acceptors (Lipinski definition) is 14. The first-order valence-corrected chi connectivity index (χ1v) is 15.3. The molecule has 5 N–H and O–H groups in total. The van der Waals surface area contributed by atoms with Crippen molar-refractivity contribution < 1.29 is 34.2 Å². The smallest absolute Gasteiger partial charge is 0.352 e. The zero-order chi connectivity index (χ0) is 30.7. The average Bonchev–Trinajstić information content (AvgIpc) is 3.60. The lowest BCUT2D eigenvalue weighted by Gasteiger charge is -2.49. The van der Waals surface area contributed by atoms with Crippen LogP contribution < -0.4 is 11.1 Å². The molecule has 1 aromatic carbocycles. The maximum atomic E-state index is 13.3. The highest BCUT2D eigenvalue weighted by atomic mass is 32.2. The number of hydrogen-bond donors (Lipinski definition) is 4. The first kappa shape index (κ1) is 30.0. The van der Waals surface area contributed by atoms with Gasteiger partial charge in [-0.2, -0.15) is 0 Å². The van der Waals surface area contributed by atoms with Crippen LogP contribution in [0, 0.1) is 6.92 Å². The van der Waals surface area contributed by atoms with Gasteiger partial charge < -0.3 is 26.1 Å². The van der Waals surface area contributed by atoms with Crippen molar-refractivity contribution in [1.29, 1.82) is 0 Å². The van der Waals surface area contributed by atoms with Gasteiger partial charge in [-0.3, -0.25) is 19.3 Å². The van der Waals surface area contributed by atoms with Crippen LogP contribution in [0.5, 0.6) is 0 Å². The molecule has 1 fully saturated rings. The summed E-state index contributed by atoms with van der Waals surface area (Å²) in [6.07, 6.45) is 0. The number of β-lactam (4-membered cyclic amide) rings is 1. The van der Waals surface area contributed by atoms with Gasteiger partial charge in [-0.05, 0) is 28.5 Å². The Kier molecular flexibility index (Phi) is 8.92. The van der Waals surface area contributed by atoms with Gasteiger partial charge in [0.1, 0.15) is 36.0 Å². The molecule has 2 atom stereocenters. The van der Waals surface area contributed by atoms with Crippen molar-refractivity contribution in [1.82, 2.24) is 35.4 Å². The number of rotatable bonds is 12. The summed E-state index contributed by atoms with van der Waals surface area (Å²) in [7, 11) is 0. The number of nitrogen functional groups attached to an aromatic ring is 1. The van der Waals surface area contributed by atoms with Gasteiger partial charge in [-0.1, -0.05) is 46.7 Å². The lowest BCUT2D eigenvalue weighted by Crippen LogP contribution is -2.71. The Morgan fingerprint density at radius 3 is 2.70 bits per heavy atom. The molecule has 1 saturated heterocycles. The van der Waals surface area contributed by atoms with E-state index in [0.717, 1.165) is 43.8 Å². The quantitative estimate of drug-likeness (QED) is 0.0913. The van der Waals surface area contributed by atoms with Crippen molar-refractivity contribution in [3.8, 4) is 0 Å². The highest BCUT2D eigenvalue weighted by molar-refractivity contribution is 8.01. The Morgan fingerprint density at radius 2 is 2.02 bits per heavy atom. The van der Waals surface area contributed by atoms with Crippen molar-refractivity contribution in [2.24, 2.45) is 5.16 Å². The molecule has 3 aromatic rings. The summed E-state index contributed by atoms with van der Waals surface area (Å²) < 4.78 is 1.08. The average molecular weight is 646 g/mol. The molecule has 43 heavy (non-hydrogen) atoms. The van der Waals surface area contributed by atoms with Gasteiger partial charge in [0, 0.05) is 16.9 Å². The third kappa shape index (κ3) is 6.62. The Hall–Kier alpha value is -4.49. The minimum Gasteiger partial charge on any atom is -0.480 e. The number of fused-ring (bicyclic) bond motifs is 1. The van der Waals surface area contributed by atoms with E-state index in [9.17, 15) is 24.3 Å². The van der Waals surface area contributed by atoms with Gasteiger partial charge in [0.25, 0.3) is 11.8 Å². The minimum absolute atomic E-state index is 0.0848. The summed E-state index contributed by atoms with van der Waals surface area (Å²) >= 11 is 3.43. The highest BCUT2D eigenvalue weighted by Gasteiger charge is 2.54. The van der Waals surface area contributed by atoms with Crippen LogP contribution >= 0.6 is 34.9 Å². The number of carbonyl (C=O) groups excluding carboxylic acids is 2. The molecule has 1 unspecified atom stereocenters. The van der Waals surface area contributed by atoms with Gasteiger partial charge in [0.15, 0.2) is 10.8 Å². The zero-order valence-electron chi connectivity index (χ0n) is 22.2. The van der Waals surface area contributed by atoms with Crippen LogP contribution in [0.4, 0.5) is 5.13 Å². The number of thioether (sulfide) groups is 2. The highest BCUT2D eigenvalue weighted by Crippen LogP contribution is 2.41. The number of aliphatic carboxylic acids is 2. The van der Waals surface area contributed by atoms with Gasteiger partial charge in [-0.15, -0.1) is 28.2 Å². The van der Waals surface area contributed by atoms with Crippen LogP contribution in [0.25, 0.3) is 0 Å². The zero-order valence-corrected chi connectivity index (χ0v) is 24.7. The summed E-state index contributed by atoms with van der Waals surface area (Å²) in [6, 6.07) is 6.54. The number of nitrogens with zero attached hydrogens (tertiary/aromatic N) is 7. The number of nitrogens with two attached hydrogens (primary N) is 1. The normalized spacial score (nSPS) is 18.2. The molecule has 0 spiro atoms. The largest absolute Gasteiger partial charge is 0.480 e. The molecule has 0 saturated carbocycles. The Labute approximate surface area is 255 Å². The number of nitrogens with one attached hydrogen (secondary N) is 1. The standard InChI is InChI=1S/C24H23N9O7S3/c1-11-2-4-12(5-3-11)7-40-29-16(14-10-42-23(25)26-14)19(36)27-17-20(37)33-18(22(38)39)13(8-41-21(17)33)9-43-24-28-30-31-32(24)6-15(34)35/h2-5,10,17,21H,6-9H2,1H3,(H2,25,26)(H,27,36)(H,34,35)(H,38,39)/b29-16-/t17?,21-/m1/s1. The molecule has 4 heterocycles. The molecule has 2 aromatic heterocycles. The Balaban J connectivity index is 1.28. The number of thiazole rings is 1. The van der Waals surface area contributed by atoms with E-state index in [2.05, 4.69) is 31.0 Å². The number of tetrazole rings is 1. The van der Waals surface area contributed by atoms with Crippen LogP contribution in [-0.2, 0) is 37.2 Å². The summed E-state index contributed by atoms with van der Waals surface area (Å²) in [5, 5.41) is 37.7. The van der Waals surface area contributed by atoms with E-state index >= 15 is 0 Å². The predicted molar refractivity (Wildman–Crippen MR) is 155 cm³/mol. The molecular formula is C24H23N9O7S3. The van der Waals surface area contributed by atoms with E-state index in [1.807, 2.05) is 31.2 Å². The first-order chi connectivity index (χ1) is 20.6. The van der Waals surface area contributed by atoms with E-state index in [0.29, 0.717) is 5.57 Å². The number of anilines is 1. The lowest BCUT2D eigenvalue weighted by atomic mass is 10.0. The molecule has 2 aliphatic rings. The van der Waals surface area contributed by atoms with E-state index in [-0.39, 0.29) is 45.5 Å². The van der Waals surface area contributed by atoms with Crippen LogP contribution in [-0.4, -0.2) is 92.7 Å². The fraction of sp³-hybridized carbons (Fsp3) is 0.292. The molecule has 19 heteroatoms. The van der Waals surface area contributed by atoms with Crippen molar-refractivity contribution in [2.75, 3.05) is 17.2 Å². The molecule has 0 radical (unpaired) electrons. The molecule has 2 amide bonds. The number of aryl methyl sites for hydroxylation is 1. The SMILES string of the molecule is Cc1ccc(CO/N=C(\C(=O)NC2C(=O)N3C(C(=O)O)=C(CSc4nnnn4CC(=O)O)CS[C@H]23)c2csc(N)n2)cc1. The number of carboxylic acids is 2. The van der Waals surface area contributed by atoms with Crippen LogP contribution in [0.15, 0.2) is 51.2 Å². The molecule has 0 bridgehead atoms. The van der Waals surface area contributed by atoms with E-state index < -0.39 is 41.7 Å². The lowest BCUT2D eigenvalue weighted by molar-refractivity contribution is -0.150. The summed E-state index contributed by atoms with van der Waals surface area (Å²) in [4.78, 5) is 60.4. The second-order valence-electron chi connectivity index (χ2n) is 9.19. The van der Waals surface area contributed by atoms with Crippen LogP contribution in [0.1, 0.15) is 16.8 Å². The number of carboxylic acid groups (broad SMARTS) is 2. The second kappa shape index (κ2) is 12.8. The third-order valence-corrected chi connectivity index (χ3v) is 9.24. The Bertz CT molecular complexity index is 1640. The van der Waals surface area contributed by atoms with Crippen molar-refractivity contribution in [3.05, 3.63) is 57.7 Å². The summed E-state index contributed by atoms with van der Waals surface area (Å²) in [5.74, 6) is -3.46. The number of oxime groups is 1. The van der Waals surface area contributed by atoms with Crippen LogP contribution in [0.2, 0.25) is 0 Å². The van der Waals surface area contributed by atoms with Crippen molar-refractivity contribution in [2.45, 2.75) is 36.6 Å². The minimum atomic E-state index is -1.31. The molecular weight excluding hydrogens is 623 g/mol. The predicted octanol–water partition coefficient (Wildman–Crippen LogP) is 0.557. The number of carbonyl (C=O) groups is 4. The van der Waals surface area contributed by atoms with Gasteiger partial charge in [-0.25, -0.2) is 14.5 Å². The van der Waals surface area contributed by atoms with Crippen molar-refractivity contribution in [3.63, 3.8) is 0 Å². The molecule has 224 valence electrons. The van der Waals surface area contributed by atoms with E-state index in [1.165, 1.54) is 17.1 Å². The molecule has 16 nitrogen and oxygen atoms in total. The summed E-state index contributed by atoms with van der Waals surface area (Å²) in [6.45, 7) is 1.58. The second-order valence-corrected chi connectivity index (χ2v) is 12.1. The number of benzene rings is 1. The Morgan fingerprint density at radius 1 is 1.26 bits per heavy atom. The maximum Gasteiger partial charge on any atom is 0.352 e. The monoisotopic (exact) mass is 645 g/mol. The first-order valence-electron chi connectivity index (χ1n) is 12.4. The van der Waals surface area contributed by atoms with E-state index in [4.69, 9.17) is 15.7 Å². The van der Waals surface area contributed by atoms with Gasteiger partial charge in [0.2, 0.25) is 5.16 Å². The fourth-order valence-corrected chi connectivity index (χ4v) is 7.05. The molecule has 2 aliphatic heterocycles. The summed E-state index contributed by atoms with van der Waals surface area (Å²) in [5.41, 5.74) is 7.87. The maximum absolute atomic E-state index is 13.3. The van der Waals surface area contributed by atoms with E-state index in [1.54, 1.807) is 0 Å². The fourth-order valence-electron chi connectivity index (χ4n) is 4.14. The van der Waals surface area contributed by atoms with Gasteiger partial charge in [0.05, 0.1) is 0 Å². The number of aromatic nitrogens is 5. The van der Waals surface area contributed by atoms with Gasteiger partial charge >= 0.3 is 11.9 Å². The molecule has 5 rings (SSSR count). The molecule has 0 aliphatic carbocycles. The van der Waals surface area contributed by atoms with Crippen molar-refractivity contribution >= 4 is 69.5 Å². The number of amides is 2. The topological polar surface area (TPSA) is 228 Å². The van der Waals surface area contributed by atoms with Crippen LogP contribution in [0.3, 0.4) is 0 Å².